The fourth-order valence-electron chi connectivity index (χ4n) is 2.60. The average molecular weight is 232 g/mol. The van der Waals surface area contributed by atoms with Gasteiger partial charge in [0.1, 0.15) is 0 Å². The quantitative estimate of drug-likeness (QED) is 0.742. The first-order chi connectivity index (χ1) is 8.33. The molecule has 0 bridgehead atoms. The smallest absolute Gasteiger partial charge is 0.309 e. The van der Waals surface area contributed by atoms with E-state index in [0.29, 0.717) is 12.5 Å². The minimum atomic E-state index is -0.00134. The van der Waals surface area contributed by atoms with Crippen molar-refractivity contribution in [2.24, 2.45) is 5.92 Å². The van der Waals surface area contributed by atoms with Crippen LogP contribution in [0.5, 0.6) is 0 Å². The van der Waals surface area contributed by atoms with Crippen LogP contribution in [0.1, 0.15) is 44.1 Å². The van der Waals surface area contributed by atoms with Gasteiger partial charge in [0.05, 0.1) is 12.5 Å². The van der Waals surface area contributed by atoms with Gasteiger partial charge in [-0.15, -0.1) is 0 Å². The summed E-state index contributed by atoms with van der Waals surface area (Å²) in [5, 5.41) is 0. The maximum Gasteiger partial charge on any atom is 0.309 e. The zero-order valence-electron chi connectivity index (χ0n) is 10.4. The maximum absolute atomic E-state index is 11.9. The van der Waals surface area contributed by atoms with E-state index >= 15 is 0 Å². The number of carbonyl (C=O) groups excluding carboxylic acids is 1. The Bertz CT molecular complexity index is 358. The number of unbranched alkanes of at least 4 members (excludes halogenated alkanes) is 1. The summed E-state index contributed by atoms with van der Waals surface area (Å²) in [5.74, 6) is 0.411. The molecule has 0 aliphatic carbocycles. The Labute approximate surface area is 103 Å². The molecule has 0 saturated carbocycles. The van der Waals surface area contributed by atoms with Crippen molar-refractivity contribution >= 4 is 5.97 Å². The maximum atomic E-state index is 11.9. The summed E-state index contributed by atoms with van der Waals surface area (Å²) < 4.78 is 5.20. The fourth-order valence-corrected chi connectivity index (χ4v) is 2.60. The Kier molecular flexibility index (Phi) is 4.18. The molecule has 17 heavy (non-hydrogen) atoms. The number of cyclic esters (lactones) is 1. The van der Waals surface area contributed by atoms with Gasteiger partial charge in [-0.05, 0) is 18.4 Å². The molecule has 1 saturated heterocycles. The average Bonchev–Trinajstić information content (AvgIpc) is 2.38. The minimum absolute atomic E-state index is 0.00134. The number of hydrogen-bond donors (Lipinski definition) is 0. The number of rotatable bonds is 4. The first kappa shape index (κ1) is 12.2. The van der Waals surface area contributed by atoms with Crippen LogP contribution in [0, 0.1) is 5.92 Å². The van der Waals surface area contributed by atoms with Crippen LogP contribution in [-0.2, 0) is 9.53 Å². The molecule has 2 atom stereocenters. The third kappa shape index (κ3) is 2.87. The molecular formula is C15H20O2. The van der Waals surface area contributed by atoms with Gasteiger partial charge in [0, 0.05) is 5.92 Å². The summed E-state index contributed by atoms with van der Waals surface area (Å²) in [4.78, 5) is 11.9. The van der Waals surface area contributed by atoms with Crippen LogP contribution in [0.15, 0.2) is 30.3 Å². The van der Waals surface area contributed by atoms with Crippen LogP contribution in [0.25, 0.3) is 0 Å². The molecule has 0 aromatic heterocycles. The highest BCUT2D eigenvalue weighted by Gasteiger charge is 2.33. The molecule has 0 spiro atoms. The molecule has 0 N–H and O–H groups in total. The first-order valence-corrected chi connectivity index (χ1v) is 6.54. The summed E-state index contributed by atoms with van der Waals surface area (Å²) in [5.41, 5.74) is 1.28. The van der Waals surface area contributed by atoms with Crippen LogP contribution in [0.3, 0.4) is 0 Å². The van der Waals surface area contributed by atoms with Crippen molar-refractivity contribution in [1.29, 1.82) is 0 Å². The normalized spacial score (nSPS) is 24.4. The molecular weight excluding hydrogens is 212 g/mol. The van der Waals surface area contributed by atoms with Crippen LogP contribution in [-0.4, -0.2) is 12.6 Å². The van der Waals surface area contributed by atoms with Crippen molar-refractivity contribution in [3.05, 3.63) is 35.9 Å². The molecule has 1 fully saturated rings. The number of esters is 1. The van der Waals surface area contributed by atoms with Gasteiger partial charge < -0.3 is 4.74 Å². The molecule has 2 unspecified atom stereocenters. The van der Waals surface area contributed by atoms with Crippen LogP contribution in [0.2, 0.25) is 0 Å². The van der Waals surface area contributed by atoms with Gasteiger partial charge in [-0.2, -0.15) is 0 Å². The van der Waals surface area contributed by atoms with Crippen molar-refractivity contribution in [2.75, 3.05) is 6.61 Å². The lowest BCUT2D eigenvalue weighted by atomic mass is 9.79. The van der Waals surface area contributed by atoms with Crippen molar-refractivity contribution in [1.82, 2.24) is 0 Å². The minimum Gasteiger partial charge on any atom is -0.465 e. The third-order valence-electron chi connectivity index (χ3n) is 3.56. The van der Waals surface area contributed by atoms with Gasteiger partial charge in [0.25, 0.3) is 0 Å². The molecule has 1 aliphatic heterocycles. The van der Waals surface area contributed by atoms with E-state index < -0.39 is 0 Å². The summed E-state index contributed by atoms with van der Waals surface area (Å²) >= 11 is 0. The molecule has 1 heterocycles. The zero-order chi connectivity index (χ0) is 12.1. The lowest BCUT2D eigenvalue weighted by Crippen LogP contribution is -2.31. The predicted octanol–water partition coefficient (Wildman–Crippen LogP) is 3.52. The highest BCUT2D eigenvalue weighted by Crippen LogP contribution is 2.35. The molecule has 0 amide bonds. The van der Waals surface area contributed by atoms with Gasteiger partial charge in [-0.25, -0.2) is 0 Å². The molecule has 1 aromatic rings. The standard InChI is InChI=1S/C15H20O2/c1-2-3-9-14-13(10-11-17-15(14)16)12-7-5-4-6-8-12/h4-8,13-14H,2-3,9-11H2,1H3. The van der Waals surface area contributed by atoms with Gasteiger partial charge >= 0.3 is 5.97 Å². The monoisotopic (exact) mass is 232 g/mol. The molecule has 0 radical (unpaired) electrons. The summed E-state index contributed by atoms with van der Waals surface area (Å²) in [6.07, 6.45) is 4.15. The van der Waals surface area contributed by atoms with E-state index in [-0.39, 0.29) is 11.9 Å². The molecule has 1 aliphatic rings. The SMILES string of the molecule is CCCCC1C(=O)OCCC1c1ccccc1. The highest BCUT2D eigenvalue weighted by molar-refractivity contribution is 5.74. The first-order valence-electron chi connectivity index (χ1n) is 6.54. The van der Waals surface area contributed by atoms with Crippen molar-refractivity contribution in [3.63, 3.8) is 0 Å². The van der Waals surface area contributed by atoms with E-state index in [4.69, 9.17) is 4.74 Å². The van der Waals surface area contributed by atoms with E-state index in [1.165, 1.54) is 5.56 Å². The van der Waals surface area contributed by atoms with E-state index in [9.17, 15) is 4.79 Å². The number of benzene rings is 1. The third-order valence-corrected chi connectivity index (χ3v) is 3.56. The van der Waals surface area contributed by atoms with Gasteiger partial charge in [-0.1, -0.05) is 50.1 Å². The Morgan fingerprint density at radius 2 is 2.06 bits per heavy atom. The zero-order valence-corrected chi connectivity index (χ0v) is 10.4. The summed E-state index contributed by atoms with van der Waals surface area (Å²) in [7, 11) is 0. The van der Waals surface area contributed by atoms with Gasteiger partial charge in [-0.3, -0.25) is 4.79 Å². The lowest BCUT2D eigenvalue weighted by Gasteiger charge is -2.30. The molecule has 1 aromatic carbocycles. The second-order valence-electron chi connectivity index (χ2n) is 4.72. The lowest BCUT2D eigenvalue weighted by molar-refractivity contribution is -0.154. The van der Waals surface area contributed by atoms with Crippen LogP contribution in [0.4, 0.5) is 0 Å². The number of ether oxygens (including phenoxy) is 1. The summed E-state index contributed by atoms with van der Waals surface area (Å²) in [6, 6.07) is 10.4. The number of hydrogen-bond acceptors (Lipinski definition) is 2. The topological polar surface area (TPSA) is 26.3 Å². The van der Waals surface area contributed by atoms with Crippen molar-refractivity contribution in [2.45, 2.75) is 38.5 Å². The van der Waals surface area contributed by atoms with E-state index in [1.807, 2.05) is 18.2 Å². The molecule has 2 nitrogen and oxygen atoms in total. The highest BCUT2D eigenvalue weighted by atomic mass is 16.5. The van der Waals surface area contributed by atoms with Crippen LogP contribution >= 0.6 is 0 Å². The summed E-state index contributed by atoms with van der Waals surface area (Å²) in [6.45, 7) is 2.73. The van der Waals surface area contributed by atoms with E-state index in [2.05, 4.69) is 19.1 Å². The van der Waals surface area contributed by atoms with Crippen molar-refractivity contribution in [3.8, 4) is 0 Å². The predicted molar refractivity (Wildman–Crippen MR) is 67.8 cm³/mol. The fraction of sp³-hybridized carbons (Fsp3) is 0.533. The van der Waals surface area contributed by atoms with Crippen molar-refractivity contribution < 1.29 is 9.53 Å². The van der Waals surface area contributed by atoms with E-state index in [1.54, 1.807) is 0 Å². The largest absolute Gasteiger partial charge is 0.465 e. The molecule has 92 valence electrons. The number of carbonyl (C=O) groups is 1. The van der Waals surface area contributed by atoms with E-state index in [0.717, 1.165) is 25.7 Å². The van der Waals surface area contributed by atoms with Gasteiger partial charge in [0.2, 0.25) is 0 Å². The second kappa shape index (κ2) is 5.85. The van der Waals surface area contributed by atoms with Gasteiger partial charge in [0.15, 0.2) is 0 Å². The second-order valence-corrected chi connectivity index (χ2v) is 4.72. The molecule has 2 rings (SSSR count). The Hall–Kier alpha value is -1.31. The van der Waals surface area contributed by atoms with Crippen LogP contribution < -0.4 is 0 Å². The Morgan fingerprint density at radius 3 is 2.76 bits per heavy atom. The Balaban J connectivity index is 2.14. The Morgan fingerprint density at radius 1 is 1.29 bits per heavy atom. The molecule has 2 heteroatoms.